The van der Waals surface area contributed by atoms with Crippen LogP contribution in [0.4, 0.5) is 0 Å². The largest absolute Gasteiger partial charge is 0.459 e. The van der Waals surface area contributed by atoms with Crippen molar-refractivity contribution >= 4 is 46.8 Å². The van der Waals surface area contributed by atoms with Gasteiger partial charge in [0.15, 0.2) is 5.96 Å². The zero-order valence-corrected chi connectivity index (χ0v) is 18.4. The fraction of sp³-hybridized carbons (Fsp3) is 0.474. The normalized spacial score (nSPS) is 12.6. The molecule has 1 aromatic carbocycles. The Kier molecular flexibility index (Phi) is 8.91. The van der Waals surface area contributed by atoms with Crippen molar-refractivity contribution in [2.45, 2.75) is 26.8 Å². The van der Waals surface area contributed by atoms with Crippen LogP contribution >= 0.6 is 24.0 Å². The summed E-state index contributed by atoms with van der Waals surface area (Å²) in [4.78, 5) is 17.7. The van der Waals surface area contributed by atoms with Gasteiger partial charge < -0.3 is 20.0 Å². The molecule has 2 aromatic rings. The van der Waals surface area contributed by atoms with Gasteiger partial charge in [0.05, 0.1) is 6.04 Å². The number of hydrogen-bond acceptors (Lipinski definition) is 3. The van der Waals surface area contributed by atoms with Crippen molar-refractivity contribution in [1.82, 2.24) is 15.5 Å². The SMILES string of the molecule is CC(C)CNC(=NCC(=O)N(C)C)NC(C)c1cc2ccccc2o1.I. The molecule has 2 N–H and O–H groups in total. The topological polar surface area (TPSA) is 69.9 Å². The molecule has 0 bridgehead atoms. The molecule has 0 aliphatic heterocycles. The van der Waals surface area contributed by atoms with E-state index in [2.05, 4.69) is 29.5 Å². The van der Waals surface area contributed by atoms with Crippen molar-refractivity contribution in [1.29, 1.82) is 0 Å². The fourth-order valence-corrected chi connectivity index (χ4v) is 2.23. The van der Waals surface area contributed by atoms with E-state index in [1.807, 2.05) is 37.3 Å². The van der Waals surface area contributed by atoms with Gasteiger partial charge in [0.1, 0.15) is 17.9 Å². The van der Waals surface area contributed by atoms with Crippen LogP contribution in [-0.4, -0.2) is 44.0 Å². The standard InChI is InChI=1S/C19H28N4O2.HI/c1-13(2)11-20-19(21-12-18(24)23(4)5)22-14(3)17-10-15-8-6-7-9-16(15)25-17;/h6-10,13-14H,11-12H2,1-5H3,(H2,20,21,22);1H. The molecule has 0 saturated heterocycles. The first-order valence-electron chi connectivity index (χ1n) is 8.60. The van der Waals surface area contributed by atoms with Crippen LogP contribution in [0.15, 0.2) is 39.7 Å². The van der Waals surface area contributed by atoms with Gasteiger partial charge in [-0.25, -0.2) is 4.99 Å². The first-order chi connectivity index (χ1) is 11.9. The number of nitrogens with one attached hydrogen (secondary N) is 2. The summed E-state index contributed by atoms with van der Waals surface area (Å²) in [5, 5.41) is 7.66. The Labute approximate surface area is 172 Å². The molecule has 0 saturated carbocycles. The number of rotatable bonds is 6. The van der Waals surface area contributed by atoms with Crippen molar-refractivity contribution < 1.29 is 9.21 Å². The Morgan fingerprint density at radius 2 is 1.92 bits per heavy atom. The molecule has 0 aliphatic rings. The number of carbonyl (C=O) groups is 1. The highest BCUT2D eigenvalue weighted by atomic mass is 127. The quantitative estimate of drug-likeness (QED) is 0.384. The number of carbonyl (C=O) groups excluding carboxylic acids is 1. The van der Waals surface area contributed by atoms with E-state index in [0.29, 0.717) is 11.9 Å². The molecule has 1 atom stereocenters. The number of likely N-dealkylation sites (N-methyl/N-ethyl adjacent to an activating group) is 1. The highest BCUT2D eigenvalue weighted by Crippen LogP contribution is 2.23. The molecule has 1 unspecified atom stereocenters. The summed E-state index contributed by atoms with van der Waals surface area (Å²) in [5.41, 5.74) is 0.863. The summed E-state index contributed by atoms with van der Waals surface area (Å²) >= 11 is 0. The Hall–Kier alpha value is -1.77. The van der Waals surface area contributed by atoms with Crippen molar-refractivity contribution in [3.63, 3.8) is 0 Å². The van der Waals surface area contributed by atoms with Gasteiger partial charge in [-0.15, -0.1) is 24.0 Å². The molecule has 0 spiro atoms. The molecule has 1 heterocycles. The second kappa shape index (κ2) is 10.4. The summed E-state index contributed by atoms with van der Waals surface area (Å²) < 4.78 is 5.90. The van der Waals surface area contributed by atoms with Crippen molar-refractivity contribution in [3.8, 4) is 0 Å². The minimum absolute atomic E-state index is 0. The van der Waals surface area contributed by atoms with Crippen LogP contribution in [0.3, 0.4) is 0 Å². The number of halogens is 1. The Morgan fingerprint density at radius 1 is 1.23 bits per heavy atom. The molecule has 2 rings (SSSR count). The maximum absolute atomic E-state index is 11.8. The predicted octanol–water partition coefficient (Wildman–Crippen LogP) is 3.39. The average molecular weight is 472 g/mol. The van der Waals surface area contributed by atoms with E-state index >= 15 is 0 Å². The number of amides is 1. The third-order valence-electron chi connectivity index (χ3n) is 3.77. The molecule has 26 heavy (non-hydrogen) atoms. The molecule has 7 heteroatoms. The van der Waals surface area contributed by atoms with Gasteiger partial charge in [0, 0.05) is 26.0 Å². The summed E-state index contributed by atoms with van der Waals surface area (Å²) in [5.74, 6) is 1.87. The number of guanidine groups is 1. The van der Waals surface area contributed by atoms with Crippen LogP contribution in [0.2, 0.25) is 0 Å². The third kappa shape index (κ3) is 6.51. The zero-order valence-electron chi connectivity index (χ0n) is 16.1. The predicted molar refractivity (Wildman–Crippen MR) is 117 cm³/mol. The van der Waals surface area contributed by atoms with Gasteiger partial charge in [-0.2, -0.15) is 0 Å². The molecule has 144 valence electrons. The van der Waals surface area contributed by atoms with E-state index in [0.717, 1.165) is 23.3 Å². The van der Waals surface area contributed by atoms with E-state index < -0.39 is 0 Å². The van der Waals surface area contributed by atoms with Crippen LogP contribution in [0, 0.1) is 5.92 Å². The lowest BCUT2D eigenvalue weighted by Crippen LogP contribution is -2.41. The molecular formula is C19H29IN4O2. The third-order valence-corrected chi connectivity index (χ3v) is 3.77. The van der Waals surface area contributed by atoms with Crippen LogP contribution in [-0.2, 0) is 4.79 Å². The van der Waals surface area contributed by atoms with Crippen LogP contribution in [0.25, 0.3) is 11.0 Å². The van der Waals surface area contributed by atoms with Gasteiger partial charge in [-0.3, -0.25) is 4.79 Å². The second-order valence-corrected chi connectivity index (χ2v) is 6.78. The van der Waals surface area contributed by atoms with Crippen LogP contribution in [0.5, 0.6) is 0 Å². The van der Waals surface area contributed by atoms with Gasteiger partial charge in [-0.1, -0.05) is 32.0 Å². The maximum Gasteiger partial charge on any atom is 0.243 e. The van der Waals surface area contributed by atoms with E-state index in [9.17, 15) is 4.79 Å². The Balaban J connectivity index is 0.00000338. The summed E-state index contributed by atoms with van der Waals surface area (Å²) in [6.07, 6.45) is 0. The Bertz CT molecular complexity index is 707. The van der Waals surface area contributed by atoms with Gasteiger partial charge in [-0.05, 0) is 25.0 Å². The number of furan rings is 1. The second-order valence-electron chi connectivity index (χ2n) is 6.78. The lowest BCUT2D eigenvalue weighted by molar-refractivity contribution is -0.127. The molecular weight excluding hydrogens is 443 g/mol. The van der Waals surface area contributed by atoms with Gasteiger partial charge >= 0.3 is 0 Å². The first-order valence-corrected chi connectivity index (χ1v) is 8.60. The number of hydrogen-bond donors (Lipinski definition) is 2. The minimum atomic E-state index is -0.0692. The van der Waals surface area contributed by atoms with E-state index in [1.165, 1.54) is 4.90 Å². The van der Waals surface area contributed by atoms with E-state index in [-0.39, 0.29) is 42.5 Å². The van der Waals surface area contributed by atoms with Crippen LogP contribution in [0.1, 0.15) is 32.6 Å². The average Bonchev–Trinajstić information content (AvgIpc) is 3.00. The van der Waals surface area contributed by atoms with Crippen LogP contribution < -0.4 is 10.6 Å². The molecule has 1 amide bonds. The summed E-state index contributed by atoms with van der Waals surface area (Å²) in [6.45, 7) is 7.14. The van der Waals surface area contributed by atoms with Crippen molar-refractivity contribution in [2.75, 3.05) is 27.2 Å². The molecule has 0 radical (unpaired) electrons. The monoisotopic (exact) mass is 472 g/mol. The molecule has 1 aromatic heterocycles. The summed E-state index contributed by atoms with van der Waals surface area (Å²) in [7, 11) is 3.45. The first kappa shape index (κ1) is 22.3. The highest BCUT2D eigenvalue weighted by molar-refractivity contribution is 14.0. The molecule has 0 fully saturated rings. The Morgan fingerprint density at radius 3 is 2.54 bits per heavy atom. The highest BCUT2D eigenvalue weighted by Gasteiger charge is 2.14. The van der Waals surface area contributed by atoms with E-state index in [4.69, 9.17) is 4.42 Å². The van der Waals surface area contributed by atoms with Crippen molar-refractivity contribution in [3.05, 3.63) is 36.1 Å². The smallest absolute Gasteiger partial charge is 0.243 e. The lowest BCUT2D eigenvalue weighted by atomic mass is 10.2. The number of benzene rings is 1. The zero-order chi connectivity index (χ0) is 18.4. The maximum atomic E-state index is 11.8. The molecule has 6 nitrogen and oxygen atoms in total. The lowest BCUT2D eigenvalue weighted by Gasteiger charge is -2.18. The van der Waals surface area contributed by atoms with Gasteiger partial charge in [0.25, 0.3) is 0 Å². The van der Waals surface area contributed by atoms with Crippen molar-refractivity contribution in [2.24, 2.45) is 10.9 Å². The number of fused-ring (bicyclic) bond motifs is 1. The fourth-order valence-electron chi connectivity index (χ4n) is 2.23. The molecule has 0 aliphatic carbocycles. The van der Waals surface area contributed by atoms with Gasteiger partial charge in [0.2, 0.25) is 5.91 Å². The summed E-state index contributed by atoms with van der Waals surface area (Å²) in [6, 6.07) is 9.88. The number of aliphatic imine (C=N–C) groups is 1. The van der Waals surface area contributed by atoms with E-state index in [1.54, 1.807) is 14.1 Å². The number of nitrogens with zero attached hydrogens (tertiary/aromatic N) is 2. The number of para-hydroxylation sites is 1. The minimum Gasteiger partial charge on any atom is -0.459 e.